The maximum Gasteiger partial charge on any atom is 0.305 e. The van der Waals surface area contributed by atoms with Gasteiger partial charge in [0.2, 0.25) is 0 Å². The number of hydrogen-bond donors (Lipinski definition) is 0. The number of carbonyl (C=O) groups is 1. The van der Waals surface area contributed by atoms with Gasteiger partial charge >= 0.3 is 5.97 Å². The number of ether oxygens (including phenoxy) is 1. The SMILES string of the molecule is CCc1ccc(-c2ncncc2-c2ccccc2CCC(=O)OC)c(N2CCCCC2)c1. The van der Waals surface area contributed by atoms with Crippen LogP contribution in [0, 0.1) is 0 Å². The number of esters is 1. The van der Waals surface area contributed by atoms with Crippen LogP contribution in [0.5, 0.6) is 0 Å². The predicted octanol–water partition coefficient (Wildman–Crippen LogP) is 5.47. The summed E-state index contributed by atoms with van der Waals surface area (Å²) < 4.78 is 4.85. The van der Waals surface area contributed by atoms with Gasteiger partial charge in [0.1, 0.15) is 6.33 Å². The number of anilines is 1. The van der Waals surface area contributed by atoms with Gasteiger partial charge in [-0.25, -0.2) is 9.97 Å². The fourth-order valence-electron chi connectivity index (χ4n) is 4.48. The summed E-state index contributed by atoms with van der Waals surface area (Å²) in [6.45, 7) is 4.36. The number of aromatic nitrogens is 2. The van der Waals surface area contributed by atoms with Crippen molar-refractivity contribution in [3.8, 4) is 22.4 Å². The van der Waals surface area contributed by atoms with Gasteiger partial charge in [-0.1, -0.05) is 43.3 Å². The van der Waals surface area contributed by atoms with Crippen LogP contribution >= 0.6 is 0 Å². The Morgan fingerprint density at radius 2 is 1.84 bits per heavy atom. The van der Waals surface area contributed by atoms with Crippen LogP contribution in [0.3, 0.4) is 0 Å². The van der Waals surface area contributed by atoms with Crippen LogP contribution in [0.25, 0.3) is 22.4 Å². The van der Waals surface area contributed by atoms with Crippen LogP contribution in [-0.2, 0) is 22.4 Å². The van der Waals surface area contributed by atoms with Crippen molar-refractivity contribution >= 4 is 11.7 Å². The second-order valence-corrected chi connectivity index (χ2v) is 8.27. The van der Waals surface area contributed by atoms with E-state index < -0.39 is 0 Å². The highest BCUT2D eigenvalue weighted by atomic mass is 16.5. The smallest absolute Gasteiger partial charge is 0.305 e. The minimum atomic E-state index is -0.202. The highest BCUT2D eigenvalue weighted by Gasteiger charge is 2.20. The first-order valence-electron chi connectivity index (χ1n) is 11.5. The molecule has 32 heavy (non-hydrogen) atoms. The maximum atomic E-state index is 11.7. The van der Waals surface area contributed by atoms with Gasteiger partial charge in [0.25, 0.3) is 0 Å². The van der Waals surface area contributed by atoms with Crippen molar-refractivity contribution in [3.05, 3.63) is 66.1 Å². The Hall–Kier alpha value is -3.21. The molecule has 1 aliphatic heterocycles. The summed E-state index contributed by atoms with van der Waals surface area (Å²) in [6.07, 6.45) is 9.24. The molecule has 0 N–H and O–H groups in total. The highest BCUT2D eigenvalue weighted by Crippen LogP contribution is 2.38. The summed E-state index contributed by atoms with van der Waals surface area (Å²) in [6, 6.07) is 14.9. The van der Waals surface area contributed by atoms with E-state index in [1.54, 1.807) is 6.33 Å². The zero-order chi connectivity index (χ0) is 22.3. The number of aryl methyl sites for hydroxylation is 2. The second-order valence-electron chi connectivity index (χ2n) is 8.27. The molecule has 0 aliphatic carbocycles. The molecular formula is C27H31N3O2. The molecule has 2 aromatic carbocycles. The fraction of sp³-hybridized carbons (Fsp3) is 0.370. The number of carbonyl (C=O) groups excluding carboxylic acids is 1. The van der Waals surface area contributed by atoms with E-state index in [4.69, 9.17) is 9.72 Å². The minimum Gasteiger partial charge on any atom is -0.469 e. The van der Waals surface area contributed by atoms with E-state index in [1.807, 2.05) is 18.3 Å². The first kappa shape index (κ1) is 22.0. The number of nitrogens with zero attached hydrogens (tertiary/aromatic N) is 3. The molecule has 0 spiro atoms. The molecule has 4 rings (SSSR count). The van der Waals surface area contributed by atoms with Crippen LogP contribution < -0.4 is 4.90 Å². The molecule has 1 aromatic heterocycles. The zero-order valence-corrected chi connectivity index (χ0v) is 19.0. The Morgan fingerprint density at radius 1 is 1.03 bits per heavy atom. The van der Waals surface area contributed by atoms with E-state index in [0.717, 1.165) is 47.5 Å². The molecule has 0 unspecified atom stereocenters. The van der Waals surface area contributed by atoms with E-state index in [-0.39, 0.29) is 5.97 Å². The van der Waals surface area contributed by atoms with Crippen LogP contribution in [0.4, 0.5) is 5.69 Å². The number of methoxy groups -OCH3 is 1. The Labute approximate surface area is 190 Å². The number of hydrogen-bond acceptors (Lipinski definition) is 5. The molecule has 0 amide bonds. The Bertz CT molecular complexity index is 1070. The lowest BCUT2D eigenvalue weighted by Crippen LogP contribution is -2.30. The minimum absolute atomic E-state index is 0.202. The molecular weight excluding hydrogens is 398 g/mol. The average Bonchev–Trinajstić information content (AvgIpc) is 2.87. The van der Waals surface area contributed by atoms with E-state index in [2.05, 4.69) is 47.1 Å². The molecule has 0 saturated carbocycles. The van der Waals surface area contributed by atoms with Gasteiger partial charge < -0.3 is 9.64 Å². The molecule has 166 valence electrons. The first-order valence-corrected chi connectivity index (χ1v) is 11.5. The fourth-order valence-corrected chi connectivity index (χ4v) is 4.48. The summed E-state index contributed by atoms with van der Waals surface area (Å²) >= 11 is 0. The number of rotatable bonds is 7. The molecule has 1 fully saturated rings. The predicted molar refractivity (Wildman–Crippen MR) is 129 cm³/mol. The third-order valence-corrected chi connectivity index (χ3v) is 6.27. The molecule has 0 atom stereocenters. The molecule has 3 aromatic rings. The summed E-state index contributed by atoms with van der Waals surface area (Å²) in [7, 11) is 1.43. The van der Waals surface area contributed by atoms with Gasteiger partial charge in [-0.3, -0.25) is 4.79 Å². The van der Waals surface area contributed by atoms with Crippen molar-refractivity contribution in [1.82, 2.24) is 9.97 Å². The Morgan fingerprint density at radius 3 is 2.62 bits per heavy atom. The van der Waals surface area contributed by atoms with Crippen LogP contribution in [0.1, 0.15) is 43.7 Å². The first-order chi connectivity index (χ1) is 15.7. The molecule has 2 heterocycles. The molecule has 5 heteroatoms. The lowest BCUT2D eigenvalue weighted by Gasteiger charge is -2.31. The average molecular weight is 430 g/mol. The standard InChI is InChI=1S/C27H31N3O2/c1-3-20-11-13-23(25(17-20)30-15-7-4-8-16-30)27-24(18-28-19-29-27)22-10-6-5-9-21(22)12-14-26(31)32-2/h5-6,9-11,13,17-19H,3-4,7-8,12,14-16H2,1-2H3. The van der Waals surface area contributed by atoms with Gasteiger partial charge in [0, 0.05) is 42.5 Å². The third kappa shape index (κ3) is 4.82. The Kier molecular flexibility index (Phi) is 7.15. The van der Waals surface area contributed by atoms with Gasteiger partial charge in [-0.2, -0.15) is 0 Å². The summed E-state index contributed by atoms with van der Waals surface area (Å²) in [5, 5.41) is 0. The van der Waals surface area contributed by atoms with Crippen LogP contribution in [-0.4, -0.2) is 36.1 Å². The summed E-state index contributed by atoms with van der Waals surface area (Å²) in [4.78, 5) is 23.4. The quantitative estimate of drug-likeness (QED) is 0.466. The van der Waals surface area contributed by atoms with E-state index >= 15 is 0 Å². The lowest BCUT2D eigenvalue weighted by molar-refractivity contribution is -0.140. The summed E-state index contributed by atoms with van der Waals surface area (Å²) in [5.41, 5.74) is 7.84. The lowest BCUT2D eigenvalue weighted by atomic mass is 9.93. The van der Waals surface area contributed by atoms with Gasteiger partial charge in [-0.15, -0.1) is 0 Å². The topological polar surface area (TPSA) is 55.3 Å². The van der Waals surface area contributed by atoms with Crippen molar-refractivity contribution in [2.24, 2.45) is 0 Å². The highest BCUT2D eigenvalue weighted by molar-refractivity contribution is 5.88. The zero-order valence-electron chi connectivity index (χ0n) is 19.0. The van der Waals surface area contributed by atoms with Crippen LogP contribution in [0.15, 0.2) is 55.0 Å². The van der Waals surface area contributed by atoms with E-state index in [1.165, 1.54) is 37.6 Å². The maximum absolute atomic E-state index is 11.7. The van der Waals surface area contributed by atoms with Crippen molar-refractivity contribution in [2.45, 2.75) is 45.4 Å². The number of benzene rings is 2. The van der Waals surface area contributed by atoms with Gasteiger partial charge in [0.15, 0.2) is 0 Å². The van der Waals surface area contributed by atoms with Crippen molar-refractivity contribution < 1.29 is 9.53 Å². The largest absolute Gasteiger partial charge is 0.469 e. The van der Waals surface area contributed by atoms with E-state index in [0.29, 0.717) is 12.8 Å². The molecule has 5 nitrogen and oxygen atoms in total. The summed E-state index contributed by atoms with van der Waals surface area (Å²) in [5.74, 6) is -0.202. The van der Waals surface area contributed by atoms with Gasteiger partial charge in [-0.05, 0) is 54.9 Å². The number of piperidine rings is 1. The molecule has 0 bridgehead atoms. The monoisotopic (exact) mass is 429 g/mol. The van der Waals surface area contributed by atoms with Crippen LogP contribution in [0.2, 0.25) is 0 Å². The van der Waals surface area contributed by atoms with Crippen molar-refractivity contribution in [3.63, 3.8) is 0 Å². The van der Waals surface area contributed by atoms with Gasteiger partial charge in [0.05, 0.1) is 12.8 Å². The third-order valence-electron chi connectivity index (χ3n) is 6.27. The molecule has 1 saturated heterocycles. The van der Waals surface area contributed by atoms with Crippen molar-refractivity contribution in [1.29, 1.82) is 0 Å². The van der Waals surface area contributed by atoms with E-state index in [9.17, 15) is 4.79 Å². The molecule has 1 aliphatic rings. The van der Waals surface area contributed by atoms with Crippen molar-refractivity contribution in [2.75, 3.05) is 25.1 Å². The molecule has 0 radical (unpaired) electrons. The second kappa shape index (κ2) is 10.4. The normalized spacial score (nSPS) is 13.8. The Balaban J connectivity index is 1.80.